The maximum atomic E-state index is 13.5. The number of ether oxygens (including phenoxy) is 5. The SMILES string of the molecule is CCCCc1nc2c(NC(=O)OCc3ccc(OC4O[C@H](CO)[C@@H](O)[C@H](O)[C@@H]4O)cc3)nc3cc(C(=O)O)ccc3c2n1Cc1ccc(C[N+](C)(C)Cc2ccc(O[C@H]3OC(CO)[C@@H](O)C(O)[C@@H]3O)c(NC(=O)CCN)c2)cc1. The molecule has 8 rings (SSSR count). The van der Waals surface area contributed by atoms with Crippen molar-refractivity contribution in [1.82, 2.24) is 14.5 Å². The summed E-state index contributed by atoms with van der Waals surface area (Å²) in [5.41, 5.74) is 10.5. The molecule has 6 aromatic rings. The highest BCUT2D eigenvalue weighted by molar-refractivity contribution is 6.10. The van der Waals surface area contributed by atoms with Crippen LogP contribution in [0.15, 0.2) is 84.9 Å². The van der Waals surface area contributed by atoms with Crippen molar-refractivity contribution in [3.63, 3.8) is 0 Å². The molecule has 79 heavy (non-hydrogen) atoms. The van der Waals surface area contributed by atoms with Gasteiger partial charge in [-0.25, -0.2) is 19.6 Å². The Hall–Kier alpha value is -6.91. The normalized spacial score (nSPS) is 23.3. The zero-order valence-electron chi connectivity index (χ0n) is 43.8. The van der Waals surface area contributed by atoms with Gasteiger partial charge in [0.1, 0.15) is 91.4 Å². The summed E-state index contributed by atoms with van der Waals surface area (Å²) in [5.74, 6) is -0.408. The highest BCUT2D eigenvalue weighted by atomic mass is 16.7. The summed E-state index contributed by atoms with van der Waals surface area (Å²) in [6.07, 6.45) is -13.4. The minimum atomic E-state index is -1.66. The number of aliphatic hydroxyl groups excluding tert-OH is 8. The highest BCUT2D eigenvalue weighted by Gasteiger charge is 2.46. The largest absolute Gasteiger partial charge is 0.478 e. The number of pyridine rings is 1. The van der Waals surface area contributed by atoms with Gasteiger partial charge < -0.3 is 89.7 Å². The quantitative estimate of drug-likeness (QED) is 0.0432. The fourth-order valence-corrected chi connectivity index (χ4v) is 9.58. The van der Waals surface area contributed by atoms with Crippen molar-refractivity contribution < 1.29 is 88.5 Å². The van der Waals surface area contributed by atoms with Crippen molar-refractivity contribution in [2.75, 3.05) is 44.5 Å². The number of unbranched alkanes of at least 4 members (excludes halogenated alkanes) is 1. The summed E-state index contributed by atoms with van der Waals surface area (Å²) in [5, 5.41) is 97.1. The molecule has 2 aromatic heterocycles. The lowest BCUT2D eigenvalue weighted by atomic mass is 9.99. The molecule has 0 radical (unpaired) electrons. The first-order valence-corrected chi connectivity index (χ1v) is 25.9. The fraction of sp³-hybridized carbons (Fsp3) is 0.436. The Morgan fingerprint density at radius 3 is 1.95 bits per heavy atom. The van der Waals surface area contributed by atoms with Crippen molar-refractivity contribution in [3.8, 4) is 11.5 Å². The van der Waals surface area contributed by atoms with Crippen LogP contribution in [-0.4, -0.2) is 178 Å². The van der Waals surface area contributed by atoms with E-state index in [1.54, 1.807) is 36.4 Å². The van der Waals surface area contributed by atoms with Gasteiger partial charge in [0.2, 0.25) is 18.5 Å². The van der Waals surface area contributed by atoms with Crippen LogP contribution in [-0.2, 0) is 51.7 Å². The number of carbonyl (C=O) groups is 3. The number of aliphatic hydroxyl groups is 8. The molecule has 0 spiro atoms. The Morgan fingerprint density at radius 1 is 0.722 bits per heavy atom. The van der Waals surface area contributed by atoms with Crippen LogP contribution in [0.5, 0.6) is 11.5 Å². The van der Waals surface area contributed by atoms with E-state index in [2.05, 4.69) is 36.2 Å². The van der Waals surface area contributed by atoms with E-state index in [0.29, 0.717) is 58.0 Å². The number of nitrogens with zero attached hydrogens (tertiary/aromatic N) is 4. The molecule has 3 unspecified atom stereocenters. The highest BCUT2D eigenvalue weighted by Crippen LogP contribution is 2.35. The summed E-state index contributed by atoms with van der Waals surface area (Å²) < 4.78 is 30.7. The van der Waals surface area contributed by atoms with Gasteiger partial charge in [0.05, 0.1) is 49.6 Å². The van der Waals surface area contributed by atoms with Gasteiger partial charge in [-0.3, -0.25) is 10.1 Å². The third-order valence-electron chi connectivity index (χ3n) is 13.7. The maximum Gasteiger partial charge on any atom is 0.413 e. The topological polar surface area (TPSA) is 360 Å². The third-order valence-corrected chi connectivity index (χ3v) is 13.7. The molecule has 0 aliphatic carbocycles. The van der Waals surface area contributed by atoms with E-state index >= 15 is 0 Å². The Morgan fingerprint density at radius 2 is 1.33 bits per heavy atom. The first-order chi connectivity index (χ1) is 37.8. The van der Waals surface area contributed by atoms with Gasteiger partial charge in [-0.1, -0.05) is 49.7 Å². The third kappa shape index (κ3) is 13.8. The van der Waals surface area contributed by atoms with E-state index in [-0.39, 0.29) is 54.0 Å². The Kier molecular flexibility index (Phi) is 18.8. The summed E-state index contributed by atoms with van der Waals surface area (Å²) >= 11 is 0. The number of carbonyl (C=O) groups excluding carboxylic acids is 2. The number of benzene rings is 4. The number of quaternary nitrogens is 1. The van der Waals surface area contributed by atoms with Crippen molar-refractivity contribution in [1.29, 1.82) is 0 Å². The van der Waals surface area contributed by atoms with Crippen LogP contribution in [0.4, 0.5) is 16.3 Å². The standard InChI is InChI=1S/C55H67N7O17/c1-4-5-6-41-59-43-44(35-17-14-33(52(72)73)22-36(35)58-51(43)60-55(74)75-28-31-11-15-34(16-12-31)76-53-49(70)47(68)45(66)39(26-63)78-53)61(41)23-29-7-9-30(10-8-29)24-62(2,3)25-32-13-18-38(37(21-32)57-42(65)19-20-56)77-54-50(71)48(69)46(67)40(27-64)79-54/h7-18,21-22,39-40,45-50,53-54,63-64,66-71H,4-6,19-20,23-28,56H2,1-3H3,(H2-,57,58,60,65,72,73,74)/p+1/t39-,40?,45-,46-,47+,48?,49+,50+,53?,54+/m1/s1. The van der Waals surface area contributed by atoms with Gasteiger partial charge in [-0.05, 0) is 66.1 Å². The first kappa shape index (κ1) is 58.2. The fourth-order valence-electron chi connectivity index (χ4n) is 9.58. The number of hydrogen-bond donors (Lipinski definition) is 12. The van der Waals surface area contributed by atoms with Crippen molar-refractivity contribution in [3.05, 3.63) is 119 Å². The average Bonchev–Trinajstić information content (AvgIpc) is 4.03. The molecule has 2 amide bonds. The van der Waals surface area contributed by atoms with Crippen molar-refractivity contribution in [2.45, 2.75) is 120 Å². The summed E-state index contributed by atoms with van der Waals surface area (Å²) in [4.78, 5) is 48.2. The van der Waals surface area contributed by atoms with Crippen LogP contribution >= 0.6 is 0 Å². The molecule has 13 N–H and O–H groups in total. The first-order valence-electron chi connectivity index (χ1n) is 25.9. The van der Waals surface area contributed by atoms with Crippen LogP contribution in [0.2, 0.25) is 0 Å². The van der Waals surface area contributed by atoms with E-state index in [0.717, 1.165) is 35.4 Å². The van der Waals surface area contributed by atoms with Gasteiger partial charge in [-0.2, -0.15) is 0 Å². The van der Waals surface area contributed by atoms with Crippen LogP contribution < -0.4 is 25.8 Å². The van der Waals surface area contributed by atoms with E-state index in [1.807, 2.05) is 24.3 Å². The minimum absolute atomic E-state index is 0.00592. The predicted octanol–water partition coefficient (Wildman–Crippen LogP) is 1.84. The molecule has 2 aliphatic rings. The smallest absolute Gasteiger partial charge is 0.413 e. The molecule has 424 valence electrons. The van der Waals surface area contributed by atoms with E-state index in [9.17, 15) is 60.3 Å². The van der Waals surface area contributed by atoms with Gasteiger partial charge in [0, 0.05) is 42.4 Å². The summed E-state index contributed by atoms with van der Waals surface area (Å²) in [6.45, 7) is 2.17. The number of hydrogen-bond acceptors (Lipinski definition) is 19. The number of anilines is 2. The Labute approximate surface area is 453 Å². The second-order valence-corrected chi connectivity index (χ2v) is 20.4. The second kappa shape index (κ2) is 25.5. The van der Waals surface area contributed by atoms with Gasteiger partial charge in [-0.15, -0.1) is 0 Å². The number of aromatic carboxylic acids is 1. The molecular weight excluding hydrogens is 1030 g/mol. The van der Waals surface area contributed by atoms with Gasteiger partial charge in [0.15, 0.2) is 5.82 Å². The number of carboxylic acid groups (broad SMARTS) is 1. The number of nitrogens with two attached hydrogens (primary N) is 1. The second-order valence-electron chi connectivity index (χ2n) is 20.4. The van der Waals surface area contributed by atoms with Crippen LogP contribution in [0.25, 0.3) is 21.9 Å². The van der Waals surface area contributed by atoms with E-state index < -0.39 is 86.7 Å². The van der Waals surface area contributed by atoms with Crippen molar-refractivity contribution in [2.24, 2.45) is 5.73 Å². The number of imidazole rings is 1. The summed E-state index contributed by atoms with van der Waals surface area (Å²) in [6, 6.07) is 24.1. The number of aryl methyl sites for hydroxylation is 1. The lowest BCUT2D eigenvalue weighted by Crippen LogP contribution is -2.60. The van der Waals surface area contributed by atoms with Gasteiger partial charge in [0.25, 0.3) is 0 Å². The van der Waals surface area contributed by atoms with Crippen molar-refractivity contribution >= 4 is 51.4 Å². The molecule has 0 saturated carbocycles. The van der Waals surface area contributed by atoms with Crippen LogP contribution in [0, 0.1) is 0 Å². The lowest BCUT2D eigenvalue weighted by molar-refractivity contribution is -0.916. The monoisotopic (exact) mass is 1100 g/mol. The number of amides is 2. The Balaban J connectivity index is 0.987. The van der Waals surface area contributed by atoms with Crippen LogP contribution in [0.3, 0.4) is 0 Å². The molecular formula is C55H68N7O17+. The zero-order valence-corrected chi connectivity index (χ0v) is 43.8. The van der Waals surface area contributed by atoms with Crippen LogP contribution in [0.1, 0.15) is 64.6 Å². The molecule has 24 heteroatoms. The molecule has 24 nitrogen and oxygen atoms in total. The zero-order chi connectivity index (χ0) is 56.7. The molecule has 2 aliphatic heterocycles. The maximum absolute atomic E-state index is 13.5. The number of rotatable bonds is 22. The van der Waals surface area contributed by atoms with E-state index in [4.69, 9.17) is 39.4 Å². The van der Waals surface area contributed by atoms with E-state index in [1.165, 1.54) is 24.3 Å². The number of fused-ring (bicyclic) bond motifs is 3. The molecule has 2 fully saturated rings. The lowest BCUT2D eigenvalue weighted by Gasteiger charge is -2.39. The molecule has 4 heterocycles. The minimum Gasteiger partial charge on any atom is -0.478 e. The predicted molar refractivity (Wildman–Crippen MR) is 283 cm³/mol. The summed E-state index contributed by atoms with van der Waals surface area (Å²) in [7, 11) is 4.11. The molecule has 4 aromatic carbocycles. The molecule has 2 saturated heterocycles. The number of carboxylic acids is 1. The average molecular weight is 1100 g/mol. The molecule has 10 atom stereocenters. The Bertz CT molecular complexity index is 3080. The number of aromatic nitrogens is 3. The number of nitrogens with one attached hydrogen (secondary N) is 2. The van der Waals surface area contributed by atoms with Gasteiger partial charge >= 0.3 is 12.1 Å². The molecule has 0 bridgehead atoms.